The number of carbonyl (C=O) groups is 1. The first-order chi connectivity index (χ1) is 9.60. The van der Waals surface area contributed by atoms with E-state index in [4.69, 9.17) is 11.6 Å². The lowest BCUT2D eigenvalue weighted by Gasteiger charge is -2.10. The summed E-state index contributed by atoms with van der Waals surface area (Å²) in [6.07, 6.45) is 1.01. The van der Waals surface area contributed by atoms with Crippen LogP contribution >= 0.6 is 11.6 Å². The number of aryl methyl sites for hydroxylation is 1. The molecule has 0 aliphatic heterocycles. The Kier molecular flexibility index (Phi) is 4.15. The lowest BCUT2D eigenvalue weighted by atomic mass is 9.95. The Balaban J connectivity index is 2.79. The molecule has 0 saturated carbocycles. The first-order valence-electron chi connectivity index (χ1n) is 6.10. The van der Waals surface area contributed by atoms with Gasteiger partial charge in [0.15, 0.2) is 6.29 Å². The monoisotopic (exact) mass is 289 g/mol. The zero-order valence-corrected chi connectivity index (χ0v) is 11.6. The van der Waals surface area contributed by atoms with Gasteiger partial charge in [-0.3, -0.25) is 14.9 Å². The van der Waals surface area contributed by atoms with E-state index in [-0.39, 0.29) is 11.3 Å². The number of nitro groups is 1. The second-order valence-electron chi connectivity index (χ2n) is 4.24. The highest BCUT2D eigenvalue weighted by Gasteiger charge is 2.23. The van der Waals surface area contributed by atoms with Gasteiger partial charge in [0, 0.05) is 21.7 Å². The second kappa shape index (κ2) is 5.84. The average molecular weight is 290 g/mol. The van der Waals surface area contributed by atoms with Crippen molar-refractivity contribution in [2.45, 2.75) is 13.3 Å². The number of aldehydes is 1. The van der Waals surface area contributed by atoms with E-state index in [1.807, 2.05) is 6.92 Å². The van der Waals surface area contributed by atoms with Crippen LogP contribution in [0.15, 0.2) is 36.4 Å². The Hall–Kier alpha value is -2.20. The molecule has 0 atom stereocenters. The summed E-state index contributed by atoms with van der Waals surface area (Å²) in [6.45, 7) is 1.81. The molecule has 2 aromatic rings. The summed E-state index contributed by atoms with van der Waals surface area (Å²) in [7, 11) is 0. The summed E-state index contributed by atoms with van der Waals surface area (Å²) in [4.78, 5) is 22.1. The van der Waals surface area contributed by atoms with Crippen LogP contribution in [0.4, 0.5) is 5.69 Å². The zero-order chi connectivity index (χ0) is 14.7. The van der Waals surface area contributed by atoms with Crippen LogP contribution in [-0.4, -0.2) is 11.2 Å². The summed E-state index contributed by atoms with van der Waals surface area (Å²) in [5, 5.41) is 11.7. The molecule has 0 N–H and O–H groups in total. The van der Waals surface area contributed by atoms with Crippen molar-refractivity contribution in [2.24, 2.45) is 0 Å². The summed E-state index contributed by atoms with van der Waals surface area (Å²) in [6, 6.07) is 10.3. The van der Waals surface area contributed by atoms with Gasteiger partial charge in [0.25, 0.3) is 5.69 Å². The van der Waals surface area contributed by atoms with Crippen molar-refractivity contribution in [2.75, 3.05) is 0 Å². The maximum Gasteiger partial charge on any atom is 0.283 e. The standard InChI is InChI=1S/C15H12ClNO3/c1-2-10-7-8-11(12-5-3-4-6-14(12)16)13(9-18)15(10)17(19)20/h3-9H,2H2,1H3. The minimum absolute atomic E-state index is 0.0717. The normalized spacial score (nSPS) is 10.3. The molecule has 0 aliphatic carbocycles. The predicted molar refractivity (Wildman–Crippen MR) is 78.3 cm³/mol. The number of rotatable bonds is 4. The Morgan fingerprint density at radius 3 is 2.45 bits per heavy atom. The third-order valence-electron chi connectivity index (χ3n) is 3.15. The number of carbonyl (C=O) groups excluding carboxylic acids is 1. The maximum atomic E-state index is 11.4. The highest BCUT2D eigenvalue weighted by Crippen LogP contribution is 2.35. The van der Waals surface area contributed by atoms with Gasteiger partial charge in [-0.1, -0.05) is 48.9 Å². The van der Waals surface area contributed by atoms with Gasteiger partial charge in [0.1, 0.15) is 5.56 Å². The van der Waals surface area contributed by atoms with E-state index in [1.54, 1.807) is 36.4 Å². The number of halogens is 1. The first kappa shape index (κ1) is 14.2. The van der Waals surface area contributed by atoms with E-state index in [2.05, 4.69) is 0 Å². The van der Waals surface area contributed by atoms with E-state index in [1.165, 1.54) is 0 Å². The quantitative estimate of drug-likeness (QED) is 0.479. The van der Waals surface area contributed by atoms with Crippen LogP contribution < -0.4 is 0 Å². The molecule has 4 nitrogen and oxygen atoms in total. The molecule has 0 radical (unpaired) electrons. The molecule has 0 unspecified atom stereocenters. The molecule has 5 heteroatoms. The van der Waals surface area contributed by atoms with Gasteiger partial charge in [0.05, 0.1) is 4.92 Å². The molecule has 0 aliphatic rings. The van der Waals surface area contributed by atoms with Crippen molar-refractivity contribution >= 4 is 23.6 Å². The van der Waals surface area contributed by atoms with Gasteiger partial charge < -0.3 is 0 Å². The van der Waals surface area contributed by atoms with E-state index < -0.39 is 4.92 Å². The predicted octanol–water partition coefficient (Wildman–Crippen LogP) is 4.29. The molecule has 0 aromatic heterocycles. The van der Waals surface area contributed by atoms with Crippen molar-refractivity contribution < 1.29 is 9.72 Å². The molecule has 102 valence electrons. The molecule has 0 amide bonds. The Morgan fingerprint density at radius 2 is 1.90 bits per heavy atom. The van der Waals surface area contributed by atoms with Crippen molar-refractivity contribution in [1.82, 2.24) is 0 Å². The summed E-state index contributed by atoms with van der Waals surface area (Å²) in [5.41, 5.74) is 1.56. The van der Waals surface area contributed by atoms with Crippen LogP contribution in [0.5, 0.6) is 0 Å². The lowest BCUT2D eigenvalue weighted by Crippen LogP contribution is -2.02. The van der Waals surface area contributed by atoms with Crippen LogP contribution in [0.25, 0.3) is 11.1 Å². The smallest absolute Gasteiger partial charge is 0.283 e. The Morgan fingerprint density at radius 1 is 1.20 bits per heavy atom. The minimum atomic E-state index is -0.511. The third kappa shape index (κ3) is 2.42. The number of hydrogen-bond donors (Lipinski definition) is 0. The van der Waals surface area contributed by atoms with E-state index in [0.29, 0.717) is 34.4 Å². The Bertz CT molecular complexity index is 683. The van der Waals surface area contributed by atoms with Crippen LogP contribution in [-0.2, 0) is 6.42 Å². The number of nitrogens with zero attached hydrogens (tertiary/aromatic N) is 1. The minimum Gasteiger partial charge on any atom is -0.298 e. The number of benzene rings is 2. The third-order valence-corrected chi connectivity index (χ3v) is 3.48. The van der Waals surface area contributed by atoms with Crippen molar-refractivity contribution in [3.05, 3.63) is 62.7 Å². The molecule has 2 aromatic carbocycles. The molecule has 0 spiro atoms. The van der Waals surface area contributed by atoms with Crippen molar-refractivity contribution in [3.63, 3.8) is 0 Å². The van der Waals surface area contributed by atoms with Crippen LogP contribution in [0.2, 0.25) is 5.02 Å². The van der Waals surface area contributed by atoms with Gasteiger partial charge in [0.2, 0.25) is 0 Å². The molecule has 0 bridgehead atoms. The van der Waals surface area contributed by atoms with Gasteiger partial charge in [-0.25, -0.2) is 0 Å². The first-order valence-corrected chi connectivity index (χ1v) is 6.48. The van der Waals surface area contributed by atoms with Crippen molar-refractivity contribution in [3.8, 4) is 11.1 Å². The zero-order valence-electron chi connectivity index (χ0n) is 10.8. The number of hydrogen-bond acceptors (Lipinski definition) is 3. The highest BCUT2D eigenvalue weighted by molar-refractivity contribution is 6.33. The maximum absolute atomic E-state index is 11.4. The van der Waals surface area contributed by atoms with Crippen LogP contribution in [0.1, 0.15) is 22.8 Å². The van der Waals surface area contributed by atoms with Crippen molar-refractivity contribution in [1.29, 1.82) is 0 Å². The largest absolute Gasteiger partial charge is 0.298 e. The molecular weight excluding hydrogens is 278 g/mol. The molecule has 2 rings (SSSR count). The van der Waals surface area contributed by atoms with Crippen LogP contribution in [0.3, 0.4) is 0 Å². The summed E-state index contributed by atoms with van der Waals surface area (Å²) in [5.74, 6) is 0. The number of nitro benzene ring substituents is 1. The topological polar surface area (TPSA) is 60.2 Å². The molecular formula is C15H12ClNO3. The van der Waals surface area contributed by atoms with Gasteiger partial charge in [-0.15, -0.1) is 0 Å². The van der Waals surface area contributed by atoms with E-state index >= 15 is 0 Å². The molecule has 0 saturated heterocycles. The van der Waals surface area contributed by atoms with Gasteiger partial charge >= 0.3 is 0 Å². The second-order valence-corrected chi connectivity index (χ2v) is 4.65. The SMILES string of the molecule is CCc1ccc(-c2ccccc2Cl)c(C=O)c1[N+](=O)[O-]. The fourth-order valence-electron chi connectivity index (χ4n) is 2.19. The fourth-order valence-corrected chi connectivity index (χ4v) is 2.43. The Labute approximate surface area is 121 Å². The fraction of sp³-hybridized carbons (Fsp3) is 0.133. The molecule has 0 heterocycles. The van der Waals surface area contributed by atoms with Gasteiger partial charge in [-0.2, -0.15) is 0 Å². The molecule has 20 heavy (non-hydrogen) atoms. The highest BCUT2D eigenvalue weighted by atomic mass is 35.5. The average Bonchev–Trinajstić information content (AvgIpc) is 2.46. The van der Waals surface area contributed by atoms with Crippen LogP contribution in [0, 0.1) is 10.1 Å². The summed E-state index contributed by atoms with van der Waals surface area (Å²) < 4.78 is 0. The lowest BCUT2D eigenvalue weighted by molar-refractivity contribution is -0.385. The van der Waals surface area contributed by atoms with Gasteiger partial charge in [-0.05, 0) is 12.5 Å². The molecule has 0 fully saturated rings. The summed E-state index contributed by atoms with van der Waals surface area (Å²) >= 11 is 6.11. The van der Waals surface area contributed by atoms with E-state index in [0.717, 1.165) is 0 Å². The van der Waals surface area contributed by atoms with E-state index in [9.17, 15) is 14.9 Å².